The Hall–Kier alpha value is -3.03. The predicted octanol–water partition coefficient (Wildman–Crippen LogP) is 3.51. The molecule has 4 heterocycles. The van der Waals surface area contributed by atoms with Gasteiger partial charge in [0.25, 0.3) is 0 Å². The van der Waals surface area contributed by atoms with Gasteiger partial charge in [-0.1, -0.05) is 30.3 Å². The van der Waals surface area contributed by atoms with E-state index in [0.29, 0.717) is 18.2 Å². The fourth-order valence-electron chi connectivity index (χ4n) is 5.70. The van der Waals surface area contributed by atoms with Crippen LogP contribution in [0, 0.1) is 5.82 Å². The van der Waals surface area contributed by atoms with Gasteiger partial charge in [0.15, 0.2) is 0 Å². The first kappa shape index (κ1) is 20.6. The molecule has 6 rings (SSSR count). The smallest absolute Gasteiger partial charge is 0.239 e. The third-order valence-electron chi connectivity index (χ3n) is 7.51. The molecule has 0 radical (unpaired) electrons. The highest BCUT2D eigenvalue weighted by molar-refractivity contribution is 6.08. The van der Waals surface area contributed by atoms with Crippen LogP contribution in [0.1, 0.15) is 24.0 Å². The zero-order chi connectivity index (χ0) is 22.6. The fraction of sp³-hybridized carbons (Fsp3) is 0.385. The van der Waals surface area contributed by atoms with E-state index in [0.717, 1.165) is 55.0 Å². The summed E-state index contributed by atoms with van der Waals surface area (Å²) in [5.41, 5.74) is 3.59. The number of hydrogen-bond acceptors (Lipinski definition) is 4. The average Bonchev–Trinajstić information content (AvgIpc) is 3.61. The number of amides is 1. The lowest BCUT2D eigenvalue weighted by Gasteiger charge is -2.27. The number of carbonyl (C=O) groups is 1. The van der Waals surface area contributed by atoms with Crippen LogP contribution in [-0.2, 0) is 28.5 Å². The molecule has 0 aliphatic carbocycles. The standard InChI is InChI=1S/C26H27FN4O2/c1-29-14-20(13-28-29)18-6-7-19(23(27)12-18)15-31-24-5-3-2-4-22(24)26(25(31)32)9-10-30(17-26)21-8-11-33-16-21/h2-7,12-14,21H,8-11,15-17H2,1H3. The van der Waals surface area contributed by atoms with E-state index in [1.54, 1.807) is 21.8 Å². The molecular weight excluding hydrogens is 419 g/mol. The Labute approximate surface area is 192 Å². The molecule has 2 unspecified atom stereocenters. The fourth-order valence-corrected chi connectivity index (χ4v) is 5.70. The van der Waals surface area contributed by atoms with Crippen molar-refractivity contribution in [1.29, 1.82) is 0 Å². The van der Waals surface area contributed by atoms with Gasteiger partial charge in [0.1, 0.15) is 5.82 Å². The summed E-state index contributed by atoms with van der Waals surface area (Å²) in [5.74, 6) is -0.223. The maximum absolute atomic E-state index is 15.1. The van der Waals surface area contributed by atoms with Crippen LogP contribution in [0.3, 0.4) is 0 Å². The van der Waals surface area contributed by atoms with Crippen molar-refractivity contribution in [1.82, 2.24) is 14.7 Å². The second kappa shape index (κ2) is 7.78. The molecule has 3 aromatic rings. The van der Waals surface area contributed by atoms with Crippen LogP contribution in [0.4, 0.5) is 10.1 Å². The lowest BCUT2D eigenvalue weighted by atomic mass is 9.81. The van der Waals surface area contributed by atoms with Gasteiger partial charge in [0.05, 0.1) is 24.8 Å². The molecule has 0 saturated carbocycles. The normalized spacial score (nSPS) is 24.8. The van der Waals surface area contributed by atoms with Crippen molar-refractivity contribution in [3.05, 3.63) is 71.8 Å². The van der Waals surface area contributed by atoms with Crippen LogP contribution in [0.5, 0.6) is 0 Å². The van der Waals surface area contributed by atoms with Crippen molar-refractivity contribution in [2.24, 2.45) is 7.05 Å². The molecule has 6 nitrogen and oxygen atoms in total. The van der Waals surface area contributed by atoms with Crippen molar-refractivity contribution < 1.29 is 13.9 Å². The first-order valence-electron chi connectivity index (χ1n) is 11.6. The number of aromatic nitrogens is 2. The molecule has 2 saturated heterocycles. The number of hydrogen-bond donors (Lipinski definition) is 0. The van der Waals surface area contributed by atoms with Crippen LogP contribution >= 0.6 is 0 Å². The van der Waals surface area contributed by atoms with Crippen LogP contribution in [-0.4, -0.2) is 52.9 Å². The van der Waals surface area contributed by atoms with Crippen molar-refractivity contribution in [2.45, 2.75) is 30.8 Å². The first-order valence-corrected chi connectivity index (χ1v) is 11.6. The van der Waals surface area contributed by atoms with Crippen LogP contribution < -0.4 is 4.90 Å². The predicted molar refractivity (Wildman–Crippen MR) is 123 cm³/mol. The number of likely N-dealkylation sites (tertiary alicyclic amines) is 1. The minimum absolute atomic E-state index is 0.0841. The second-order valence-corrected chi connectivity index (χ2v) is 9.44. The zero-order valence-corrected chi connectivity index (χ0v) is 18.7. The lowest BCUT2D eigenvalue weighted by molar-refractivity contribution is -0.123. The minimum atomic E-state index is -0.550. The molecule has 1 spiro atoms. The van der Waals surface area contributed by atoms with Gasteiger partial charge in [-0.15, -0.1) is 0 Å². The maximum atomic E-state index is 15.1. The highest BCUT2D eigenvalue weighted by atomic mass is 19.1. The van der Waals surface area contributed by atoms with E-state index in [1.165, 1.54) is 6.07 Å². The van der Waals surface area contributed by atoms with Crippen molar-refractivity contribution in [2.75, 3.05) is 31.2 Å². The largest absolute Gasteiger partial charge is 0.380 e. The molecule has 2 aromatic carbocycles. The monoisotopic (exact) mass is 446 g/mol. The lowest BCUT2D eigenvalue weighted by Crippen LogP contribution is -2.44. The van der Waals surface area contributed by atoms with Gasteiger partial charge in [-0.3, -0.25) is 14.4 Å². The molecule has 3 aliphatic heterocycles. The van der Waals surface area contributed by atoms with E-state index in [-0.39, 0.29) is 18.3 Å². The van der Waals surface area contributed by atoms with E-state index < -0.39 is 5.41 Å². The summed E-state index contributed by atoms with van der Waals surface area (Å²) < 4.78 is 22.4. The van der Waals surface area contributed by atoms with E-state index >= 15 is 4.39 Å². The highest BCUT2D eigenvalue weighted by Gasteiger charge is 2.55. The molecule has 0 bridgehead atoms. The van der Waals surface area contributed by atoms with E-state index in [9.17, 15) is 4.79 Å². The van der Waals surface area contributed by atoms with Crippen LogP contribution in [0.15, 0.2) is 54.9 Å². The summed E-state index contributed by atoms with van der Waals surface area (Å²) in [5, 5.41) is 4.17. The number of rotatable bonds is 4. The molecule has 0 N–H and O–H groups in total. The SMILES string of the molecule is Cn1cc(-c2ccc(CN3C(=O)C4(CCN(C5CCOC5)C4)c4ccccc43)c(F)c2)cn1. The Bertz CT molecular complexity index is 1220. The van der Waals surface area contributed by atoms with E-state index in [4.69, 9.17) is 4.74 Å². The van der Waals surface area contributed by atoms with Crippen LogP contribution in [0.25, 0.3) is 11.1 Å². The first-order chi connectivity index (χ1) is 16.0. The summed E-state index contributed by atoms with van der Waals surface area (Å²) in [4.78, 5) is 18.1. The van der Waals surface area contributed by atoms with Crippen molar-refractivity contribution in [3.8, 4) is 11.1 Å². The Morgan fingerprint density at radius 3 is 2.85 bits per heavy atom. The third kappa shape index (κ3) is 3.30. The summed E-state index contributed by atoms with van der Waals surface area (Å²) in [6, 6.07) is 13.6. The molecular formula is C26H27FN4O2. The number of carbonyl (C=O) groups excluding carboxylic acids is 1. The van der Waals surface area contributed by atoms with Crippen molar-refractivity contribution >= 4 is 11.6 Å². The summed E-state index contributed by atoms with van der Waals surface area (Å²) in [7, 11) is 1.84. The van der Waals surface area contributed by atoms with Crippen LogP contribution in [0.2, 0.25) is 0 Å². The molecule has 1 amide bonds. The third-order valence-corrected chi connectivity index (χ3v) is 7.51. The van der Waals surface area contributed by atoms with Gasteiger partial charge < -0.3 is 9.64 Å². The van der Waals surface area contributed by atoms with E-state index in [1.807, 2.05) is 37.5 Å². The van der Waals surface area contributed by atoms with Gasteiger partial charge in [0, 0.05) is 49.3 Å². The van der Waals surface area contributed by atoms with Crippen molar-refractivity contribution in [3.63, 3.8) is 0 Å². The van der Waals surface area contributed by atoms with Gasteiger partial charge in [0.2, 0.25) is 5.91 Å². The quantitative estimate of drug-likeness (QED) is 0.616. The number of ether oxygens (including phenoxy) is 1. The number of para-hydroxylation sites is 1. The summed E-state index contributed by atoms with van der Waals surface area (Å²) in [6.07, 6.45) is 5.39. The number of fused-ring (bicyclic) bond motifs is 2. The van der Waals surface area contributed by atoms with Gasteiger partial charge in [-0.05, 0) is 42.6 Å². The maximum Gasteiger partial charge on any atom is 0.239 e. The Kier molecular flexibility index (Phi) is 4.85. The Morgan fingerprint density at radius 2 is 2.09 bits per heavy atom. The number of nitrogens with zero attached hydrogens (tertiary/aromatic N) is 4. The number of anilines is 1. The van der Waals surface area contributed by atoms with E-state index in [2.05, 4.69) is 16.1 Å². The highest BCUT2D eigenvalue weighted by Crippen LogP contribution is 2.48. The number of halogens is 1. The molecule has 1 aromatic heterocycles. The Balaban J connectivity index is 1.30. The zero-order valence-electron chi connectivity index (χ0n) is 18.7. The van der Waals surface area contributed by atoms with Gasteiger partial charge >= 0.3 is 0 Å². The molecule has 2 fully saturated rings. The molecule has 2 atom stereocenters. The summed E-state index contributed by atoms with van der Waals surface area (Å²) in [6.45, 7) is 3.35. The Morgan fingerprint density at radius 1 is 1.21 bits per heavy atom. The second-order valence-electron chi connectivity index (χ2n) is 9.44. The molecule has 170 valence electrons. The number of benzene rings is 2. The molecule has 33 heavy (non-hydrogen) atoms. The van der Waals surface area contributed by atoms with Gasteiger partial charge in [-0.25, -0.2) is 4.39 Å². The minimum Gasteiger partial charge on any atom is -0.380 e. The number of aryl methyl sites for hydroxylation is 1. The topological polar surface area (TPSA) is 50.6 Å². The summed E-state index contributed by atoms with van der Waals surface area (Å²) >= 11 is 0. The molecule has 3 aliphatic rings. The van der Waals surface area contributed by atoms with Gasteiger partial charge in [-0.2, -0.15) is 5.10 Å². The average molecular weight is 447 g/mol. The molecule has 7 heteroatoms.